The maximum absolute atomic E-state index is 11.9. The van der Waals surface area contributed by atoms with Crippen molar-refractivity contribution in [2.75, 3.05) is 19.7 Å². The number of hydrogen-bond donors (Lipinski definition) is 0. The van der Waals surface area contributed by atoms with Crippen molar-refractivity contribution in [3.63, 3.8) is 0 Å². The van der Waals surface area contributed by atoms with E-state index in [4.69, 9.17) is 0 Å². The highest BCUT2D eigenvalue weighted by Gasteiger charge is 2.44. The van der Waals surface area contributed by atoms with E-state index in [1.54, 1.807) is 16.2 Å². The maximum Gasteiger partial charge on any atom is 0.417 e. The van der Waals surface area contributed by atoms with Crippen molar-refractivity contribution >= 4 is 29.2 Å². The molecule has 0 radical (unpaired) electrons. The summed E-state index contributed by atoms with van der Waals surface area (Å²) in [4.78, 5) is 38.5. The fourth-order valence-corrected chi connectivity index (χ4v) is 2.91. The Morgan fingerprint density at radius 3 is 2.79 bits per heavy atom. The van der Waals surface area contributed by atoms with Crippen LogP contribution in [0.1, 0.15) is 4.88 Å². The molecule has 2 saturated heterocycles. The molecule has 2 fully saturated rings. The Kier molecular flexibility index (Phi) is 2.98. The number of rotatable bonds is 3. The minimum Gasteiger partial charge on any atom is -0.439 e. The Balaban J connectivity index is 1.54. The molecule has 3 amide bonds. The molecule has 6 nitrogen and oxygen atoms in total. The smallest absolute Gasteiger partial charge is 0.417 e. The third-order valence-corrected chi connectivity index (χ3v) is 4.15. The number of hydrogen-bond acceptors (Lipinski definition) is 5. The van der Waals surface area contributed by atoms with Gasteiger partial charge in [-0.15, -0.1) is 11.3 Å². The normalized spacial score (nSPS) is 19.6. The summed E-state index contributed by atoms with van der Waals surface area (Å²) in [6.07, 6.45) is -0.219. The van der Waals surface area contributed by atoms with Crippen LogP contribution in [0.3, 0.4) is 0 Å². The summed E-state index contributed by atoms with van der Waals surface area (Å²) in [5, 5.41) is 1.93. The number of ether oxygens (including phenoxy) is 1. The predicted octanol–water partition coefficient (Wildman–Crippen LogP) is 0.480. The number of carbonyl (C=O) groups is 3. The molecule has 2 aliphatic rings. The Labute approximate surface area is 113 Å². The van der Waals surface area contributed by atoms with Crippen LogP contribution in [-0.2, 0) is 20.7 Å². The lowest BCUT2D eigenvalue weighted by Gasteiger charge is -2.41. The van der Waals surface area contributed by atoms with Crippen LogP contribution in [0.5, 0.6) is 0 Å². The summed E-state index contributed by atoms with van der Waals surface area (Å²) in [5.41, 5.74) is 0. The average Bonchev–Trinajstić information content (AvgIpc) is 2.91. The molecular formula is C12H12N2O4S. The largest absolute Gasteiger partial charge is 0.439 e. The molecule has 19 heavy (non-hydrogen) atoms. The van der Waals surface area contributed by atoms with Crippen LogP contribution in [0.25, 0.3) is 0 Å². The van der Waals surface area contributed by atoms with Gasteiger partial charge >= 0.3 is 6.09 Å². The lowest BCUT2D eigenvalue weighted by Crippen LogP contribution is -2.62. The first-order chi connectivity index (χ1) is 9.15. The van der Waals surface area contributed by atoms with Gasteiger partial charge in [0.15, 0.2) is 6.61 Å². The van der Waals surface area contributed by atoms with Crippen LogP contribution in [0.4, 0.5) is 4.79 Å². The summed E-state index contributed by atoms with van der Waals surface area (Å²) < 4.78 is 4.65. The standard InChI is InChI=1S/C12H12N2O4S/c15-10(4-9-2-1-3-19-9)13-5-8(6-13)14-11(16)7-18-12(14)17/h1-3,8H,4-7H2. The highest BCUT2D eigenvalue weighted by atomic mass is 32.1. The molecule has 0 N–H and O–H groups in total. The molecule has 0 spiro atoms. The van der Waals surface area contributed by atoms with Crippen molar-refractivity contribution < 1.29 is 19.1 Å². The van der Waals surface area contributed by atoms with E-state index in [0.717, 1.165) is 9.78 Å². The summed E-state index contributed by atoms with van der Waals surface area (Å²) in [7, 11) is 0. The number of cyclic esters (lactones) is 1. The summed E-state index contributed by atoms with van der Waals surface area (Å²) in [5.74, 6) is -0.293. The first-order valence-corrected chi connectivity index (χ1v) is 6.82. The van der Waals surface area contributed by atoms with Gasteiger partial charge in [0.25, 0.3) is 5.91 Å². The van der Waals surface area contributed by atoms with Gasteiger partial charge in [-0.2, -0.15) is 0 Å². The van der Waals surface area contributed by atoms with Crippen LogP contribution in [0, 0.1) is 0 Å². The van der Waals surface area contributed by atoms with E-state index in [1.165, 1.54) is 0 Å². The minimum absolute atomic E-state index is 0.0266. The van der Waals surface area contributed by atoms with Crippen LogP contribution >= 0.6 is 11.3 Å². The second-order valence-corrected chi connectivity index (χ2v) is 5.56. The van der Waals surface area contributed by atoms with Crippen molar-refractivity contribution in [2.45, 2.75) is 12.5 Å². The zero-order valence-corrected chi connectivity index (χ0v) is 10.9. The van der Waals surface area contributed by atoms with Gasteiger partial charge < -0.3 is 9.64 Å². The first kappa shape index (κ1) is 12.2. The fraction of sp³-hybridized carbons (Fsp3) is 0.417. The molecule has 0 aromatic carbocycles. The van der Waals surface area contributed by atoms with Gasteiger partial charge in [0.05, 0.1) is 12.5 Å². The number of likely N-dealkylation sites (tertiary alicyclic amines) is 1. The molecule has 0 bridgehead atoms. The summed E-state index contributed by atoms with van der Waals surface area (Å²) >= 11 is 1.54. The van der Waals surface area contributed by atoms with Crippen LogP contribution in [-0.4, -0.2) is 53.4 Å². The number of imide groups is 1. The highest BCUT2D eigenvalue weighted by molar-refractivity contribution is 7.10. The van der Waals surface area contributed by atoms with Gasteiger partial charge in [-0.1, -0.05) is 6.07 Å². The van der Waals surface area contributed by atoms with Gasteiger partial charge in [0.1, 0.15) is 0 Å². The van der Waals surface area contributed by atoms with Gasteiger partial charge in [-0.3, -0.25) is 9.59 Å². The molecule has 1 aromatic rings. The Bertz CT molecular complexity index is 506. The molecule has 0 unspecified atom stereocenters. The second-order valence-electron chi connectivity index (χ2n) is 4.53. The van der Waals surface area contributed by atoms with E-state index >= 15 is 0 Å². The van der Waals surface area contributed by atoms with Gasteiger partial charge in [-0.05, 0) is 11.4 Å². The van der Waals surface area contributed by atoms with E-state index in [0.29, 0.717) is 19.5 Å². The van der Waals surface area contributed by atoms with Gasteiger partial charge in [0.2, 0.25) is 5.91 Å². The van der Waals surface area contributed by atoms with E-state index in [2.05, 4.69) is 4.74 Å². The van der Waals surface area contributed by atoms with E-state index in [1.807, 2.05) is 17.5 Å². The fourth-order valence-electron chi connectivity index (χ4n) is 2.21. The monoisotopic (exact) mass is 280 g/mol. The van der Waals surface area contributed by atoms with Gasteiger partial charge in [0, 0.05) is 18.0 Å². The Hall–Kier alpha value is -1.89. The van der Waals surface area contributed by atoms with Crippen molar-refractivity contribution in [3.05, 3.63) is 22.4 Å². The van der Waals surface area contributed by atoms with E-state index in [9.17, 15) is 14.4 Å². The molecule has 0 saturated carbocycles. The molecule has 2 aliphatic heterocycles. The van der Waals surface area contributed by atoms with Crippen LogP contribution in [0.2, 0.25) is 0 Å². The number of thiophene rings is 1. The van der Waals surface area contributed by atoms with E-state index in [-0.39, 0.29) is 24.5 Å². The molecule has 1 aromatic heterocycles. The molecule has 100 valence electrons. The molecular weight excluding hydrogens is 268 g/mol. The van der Waals surface area contributed by atoms with Crippen LogP contribution < -0.4 is 0 Å². The Morgan fingerprint density at radius 1 is 1.42 bits per heavy atom. The van der Waals surface area contributed by atoms with Crippen molar-refractivity contribution in [3.8, 4) is 0 Å². The predicted molar refractivity (Wildman–Crippen MR) is 66.6 cm³/mol. The number of amides is 3. The maximum atomic E-state index is 11.9. The average molecular weight is 280 g/mol. The lowest BCUT2D eigenvalue weighted by atomic mass is 10.1. The third kappa shape index (κ3) is 2.21. The van der Waals surface area contributed by atoms with E-state index < -0.39 is 6.09 Å². The minimum atomic E-state index is -0.597. The van der Waals surface area contributed by atoms with Crippen molar-refractivity contribution in [2.24, 2.45) is 0 Å². The molecule has 3 heterocycles. The second kappa shape index (κ2) is 4.65. The highest BCUT2D eigenvalue weighted by Crippen LogP contribution is 2.21. The van der Waals surface area contributed by atoms with Gasteiger partial charge in [-0.25, -0.2) is 9.69 Å². The SMILES string of the molecule is O=C(Cc1cccs1)N1CC(N2C(=O)COC2=O)C1. The quantitative estimate of drug-likeness (QED) is 0.807. The number of nitrogens with zero attached hydrogens (tertiary/aromatic N) is 2. The first-order valence-electron chi connectivity index (χ1n) is 5.94. The van der Waals surface area contributed by atoms with Crippen LogP contribution in [0.15, 0.2) is 17.5 Å². The molecule has 3 rings (SSSR count). The third-order valence-electron chi connectivity index (χ3n) is 3.27. The zero-order valence-electron chi connectivity index (χ0n) is 10.1. The molecule has 7 heteroatoms. The molecule has 0 aliphatic carbocycles. The topological polar surface area (TPSA) is 66.9 Å². The Morgan fingerprint density at radius 2 is 2.21 bits per heavy atom. The lowest BCUT2D eigenvalue weighted by molar-refractivity contribution is -0.141. The zero-order chi connectivity index (χ0) is 13.4. The summed E-state index contributed by atoms with van der Waals surface area (Å²) in [6.45, 7) is 0.634. The number of carbonyl (C=O) groups excluding carboxylic acids is 3. The molecule has 0 atom stereocenters. The summed E-state index contributed by atoms with van der Waals surface area (Å²) in [6, 6.07) is 3.60. The van der Waals surface area contributed by atoms with Crippen molar-refractivity contribution in [1.29, 1.82) is 0 Å². The van der Waals surface area contributed by atoms with Crippen molar-refractivity contribution in [1.82, 2.24) is 9.80 Å².